The van der Waals surface area contributed by atoms with Crippen LogP contribution in [0.3, 0.4) is 0 Å². The van der Waals surface area contributed by atoms with Crippen molar-refractivity contribution in [3.8, 4) is 0 Å². The molecule has 0 unspecified atom stereocenters. The van der Waals surface area contributed by atoms with Crippen LogP contribution in [0.1, 0.15) is 12.8 Å². The smallest absolute Gasteiger partial charge is 0.306 e. The topological polar surface area (TPSA) is 84.5 Å². The Bertz CT molecular complexity index is 858. The molecule has 0 atom stereocenters. The average molecular weight is 430 g/mol. The van der Waals surface area contributed by atoms with E-state index in [9.17, 15) is 14.4 Å². The number of anilines is 2. The summed E-state index contributed by atoms with van der Waals surface area (Å²) in [7, 11) is 0. The zero-order valence-electron chi connectivity index (χ0n) is 13.9. The first kappa shape index (κ1) is 21.0. The van der Waals surface area contributed by atoms with Gasteiger partial charge in [0.25, 0.3) is 5.91 Å². The van der Waals surface area contributed by atoms with E-state index < -0.39 is 24.4 Å². The Morgan fingerprint density at radius 1 is 0.815 bits per heavy atom. The van der Waals surface area contributed by atoms with Crippen LogP contribution in [0.2, 0.25) is 15.1 Å². The Hall–Kier alpha value is -2.28. The van der Waals surface area contributed by atoms with E-state index >= 15 is 0 Å². The average Bonchev–Trinajstić information content (AvgIpc) is 2.62. The Labute approximate surface area is 170 Å². The molecule has 0 saturated carbocycles. The van der Waals surface area contributed by atoms with Gasteiger partial charge in [0, 0.05) is 11.4 Å². The Morgan fingerprint density at radius 2 is 1.48 bits per heavy atom. The molecule has 0 aromatic heterocycles. The number of rotatable bonds is 7. The lowest BCUT2D eigenvalue weighted by Crippen LogP contribution is -2.22. The minimum atomic E-state index is -0.679. The minimum absolute atomic E-state index is 0.102. The van der Waals surface area contributed by atoms with Gasteiger partial charge in [0.2, 0.25) is 5.91 Å². The number of halogens is 3. The number of esters is 1. The third kappa shape index (κ3) is 7.09. The van der Waals surface area contributed by atoms with Gasteiger partial charge < -0.3 is 15.4 Å². The lowest BCUT2D eigenvalue weighted by Gasteiger charge is -2.09. The molecule has 6 nitrogen and oxygen atoms in total. The van der Waals surface area contributed by atoms with Crippen molar-refractivity contribution in [3.63, 3.8) is 0 Å². The van der Waals surface area contributed by atoms with Crippen molar-refractivity contribution < 1.29 is 19.1 Å². The van der Waals surface area contributed by atoms with Gasteiger partial charge in [-0.05, 0) is 30.3 Å². The van der Waals surface area contributed by atoms with Gasteiger partial charge in [-0.1, -0.05) is 46.9 Å². The molecule has 0 aliphatic carbocycles. The van der Waals surface area contributed by atoms with E-state index in [2.05, 4.69) is 10.6 Å². The van der Waals surface area contributed by atoms with Gasteiger partial charge in [-0.3, -0.25) is 14.4 Å². The molecule has 0 saturated heterocycles. The van der Waals surface area contributed by atoms with Crippen LogP contribution in [-0.4, -0.2) is 24.4 Å². The SMILES string of the molecule is O=C(CCC(=O)OCC(=O)Nc1ccc(Cl)cc1Cl)Nc1ccccc1Cl. The van der Waals surface area contributed by atoms with E-state index in [4.69, 9.17) is 39.5 Å². The summed E-state index contributed by atoms with van der Waals surface area (Å²) in [4.78, 5) is 35.3. The zero-order valence-corrected chi connectivity index (χ0v) is 16.2. The van der Waals surface area contributed by atoms with Crippen LogP contribution in [0.25, 0.3) is 0 Å². The van der Waals surface area contributed by atoms with Gasteiger partial charge in [0.15, 0.2) is 6.61 Å². The fraction of sp³-hybridized carbons (Fsp3) is 0.167. The van der Waals surface area contributed by atoms with E-state index in [-0.39, 0.29) is 17.9 Å². The van der Waals surface area contributed by atoms with Gasteiger partial charge >= 0.3 is 5.97 Å². The second kappa shape index (κ2) is 10.2. The van der Waals surface area contributed by atoms with Crippen molar-refractivity contribution in [2.45, 2.75) is 12.8 Å². The van der Waals surface area contributed by atoms with Gasteiger partial charge in [0.05, 0.1) is 27.8 Å². The highest BCUT2D eigenvalue weighted by molar-refractivity contribution is 6.36. The summed E-state index contributed by atoms with van der Waals surface area (Å²) in [6, 6.07) is 11.3. The van der Waals surface area contributed by atoms with Crippen molar-refractivity contribution >= 4 is 64.0 Å². The molecule has 2 amide bonds. The molecular formula is C18H15Cl3N2O4. The number of hydrogen-bond donors (Lipinski definition) is 2. The third-order valence-corrected chi connectivity index (χ3v) is 4.15. The quantitative estimate of drug-likeness (QED) is 0.633. The number of benzene rings is 2. The summed E-state index contributed by atoms with van der Waals surface area (Å²) in [6.45, 7) is -0.496. The minimum Gasteiger partial charge on any atom is -0.456 e. The van der Waals surface area contributed by atoms with Gasteiger partial charge in [-0.15, -0.1) is 0 Å². The number of carbonyl (C=O) groups is 3. The second-order valence-corrected chi connectivity index (χ2v) is 6.61. The van der Waals surface area contributed by atoms with Gasteiger partial charge in [-0.25, -0.2) is 0 Å². The highest BCUT2D eigenvalue weighted by Gasteiger charge is 2.12. The molecule has 0 bridgehead atoms. The predicted octanol–water partition coefficient (Wildman–Crippen LogP) is 4.55. The van der Waals surface area contributed by atoms with Crippen molar-refractivity contribution in [2.24, 2.45) is 0 Å². The standard InChI is InChI=1S/C18H15Cl3N2O4/c19-11-5-6-15(13(21)9-11)23-17(25)10-27-18(26)8-7-16(24)22-14-4-2-1-3-12(14)20/h1-6,9H,7-8,10H2,(H,22,24)(H,23,25). The van der Waals surface area contributed by atoms with E-state index in [0.29, 0.717) is 21.4 Å². The first-order valence-electron chi connectivity index (χ1n) is 7.80. The summed E-state index contributed by atoms with van der Waals surface area (Å²) in [5.41, 5.74) is 0.804. The first-order chi connectivity index (χ1) is 12.8. The molecule has 142 valence electrons. The van der Waals surface area contributed by atoms with Crippen molar-refractivity contribution in [3.05, 3.63) is 57.5 Å². The van der Waals surface area contributed by atoms with Crippen molar-refractivity contribution in [1.29, 1.82) is 0 Å². The van der Waals surface area contributed by atoms with Crippen LogP contribution >= 0.6 is 34.8 Å². The highest BCUT2D eigenvalue weighted by atomic mass is 35.5. The number of carbonyl (C=O) groups excluding carboxylic acids is 3. The molecule has 0 aliphatic heterocycles. The van der Waals surface area contributed by atoms with Crippen LogP contribution < -0.4 is 10.6 Å². The number of ether oxygens (including phenoxy) is 1. The molecule has 2 aromatic carbocycles. The molecular weight excluding hydrogens is 415 g/mol. The van der Waals surface area contributed by atoms with Crippen LogP contribution in [0.5, 0.6) is 0 Å². The van der Waals surface area contributed by atoms with E-state index in [1.165, 1.54) is 12.1 Å². The van der Waals surface area contributed by atoms with Crippen molar-refractivity contribution in [1.82, 2.24) is 0 Å². The number of nitrogens with one attached hydrogen (secondary N) is 2. The summed E-state index contributed by atoms with van der Waals surface area (Å²) >= 11 is 17.6. The van der Waals surface area contributed by atoms with Crippen molar-refractivity contribution in [2.75, 3.05) is 17.2 Å². The monoisotopic (exact) mass is 428 g/mol. The molecule has 0 spiro atoms. The molecule has 0 fully saturated rings. The fourth-order valence-corrected chi connectivity index (χ4v) is 2.62. The Kier molecular flexibility index (Phi) is 7.91. The predicted molar refractivity (Wildman–Crippen MR) is 105 cm³/mol. The highest BCUT2D eigenvalue weighted by Crippen LogP contribution is 2.25. The summed E-state index contributed by atoms with van der Waals surface area (Å²) in [5.74, 6) is -1.63. The Morgan fingerprint density at radius 3 is 2.19 bits per heavy atom. The maximum absolute atomic E-state index is 11.8. The van der Waals surface area contributed by atoms with Crippen LogP contribution in [0.4, 0.5) is 11.4 Å². The van der Waals surface area contributed by atoms with Crippen LogP contribution in [0.15, 0.2) is 42.5 Å². The zero-order chi connectivity index (χ0) is 19.8. The van der Waals surface area contributed by atoms with Crippen LogP contribution in [-0.2, 0) is 19.1 Å². The summed E-state index contributed by atoms with van der Waals surface area (Å²) in [5, 5.41) is 6.17. The largest absolute Gasteiger partial charge is 0.456 e. The molecule has 0 aliphatic rings. The molecule has 0 heterocycles. The van der Waals surface area contributed by atoms with Crippen LogP contribution in [0, 0.1) is 0 Å². The number of amides is 2. The molecule has 9 heteroatoms. The fourth-order valence-electron chi connectivity index (χ4n) is 1.99. The summed E-state index contributed by atoms with van der Waals surface area (Å²) in [6.07, 6.45) is -0.278. The third-order valence-electron chi connectivity index (χ3n) is 3.27. The molecule has 0 radical (unpaired) electrons. The van der Waals surface area contributed by atoms with Gasteiger partial charge in [-0.2, -0.15) is 0 Å². The number of hydrogen-bond acceptors (Lipinski definition) is 4. The molecule has 2 N–H and O–H groups in total. The maximum atomic E-state index is 11.8. The van der Waals surface area contributed by atoms with E-state index in [1.54, 1.807) is 30.3 Å². The molecule has 2 rings (SSSR count). The number of para-hydroxylation sites is 1. The van der Waals surface area contributed by atoms with Gasteiger partial charge in [0.1, 0.15) is 0 Å². The lowest BCUT2D eigenvalue weighted by molar-refractivity contribution is -0.147. The lowest BCUT2D eigenvalue weighted by atomic mass is 10.2. The first-order valence-corrected chi connectivity index (χ1v) is 8.93. The maximum Gasteiger partial charge on any atom is 0.306 e. The molecule has 27 heavy (non-hydrogen) atoms. The second-order valence-electron chi connectivity index (χ2n) is 5.36. The molecule has 2 aromatic rings. The Balaban J connectivity index is 1.71. The van der Waals surface area contributed by atoms with E-state index in [1.807, 2.05) is 0 Å². The summed E-state index contributed by atoms with van der Waals surface area (Å²) < 4.78 is 4.84. The normalized spacial score (nSPS) is 10.2. The van der Waals surface area contributed by atoms with E-state index in [0.717, 1.165) is 0 Å².